The van der Waals surface area contributed by atoms with Crippen molar-refractivity contribution in [1.29, 1.82) is 0 Å². The molecular formula is C27H37N3O3. The van der Waals surface area contributed by atoms with Crippen LogP contribution in [0.15, 0.2) is 29.1 Å². The summed E-state index contributed by atoms with van der Waals surface area (Å²) in [4.78, 5) is 21.0. The quantitative estimate of drug-likeness (QED) is 0.705. The molecule has 0 unspecified atom stereocenters. The number of likely N-dealkylation sites (tertiary alicyclic amines) is 1. The number of aromatic nitrogens is 2. The lowest BCUT2D eigenvalue weighted by Crippen LogP contribution is -2.61. The molecular weight excluding hydrogens is 414 g/mol. The first kappa shape index (κ1) is 21.8. The molecule has 6 heteroatoms. The van der Waals surface area contributed by atoms with E-state index in [1.54, 1.807) is 0 Å². The number of fused-ring (bicyclic) bond motifs is 1. The maximum absolute atomic E-state index is 13.5. The molecule has 178 valence electrons. The van der Waals surface area contributed by atoms with Gasteiger partial charge >= 0.3 is 0 Å². The number of hydrogen-bond donors (Lipinski definition) is 2. The standard InChI is InChI=1S/C27H37N3O3/c31-17-22(32)5-6-24-26(33)30(25-4-2-1-3-23(25)28-24)21-7-9-29(10-8-21)27-14-18-11-19(15-27)13-20(12-18)16-27/h1-4,18-22,31-32H,5-17H2/t18?,19?,20?,22-,27?/m1/s1. The Morgan fingerprint density at radius 3 is 2.30 bits per heavy atom. The zero-order chi connectivity index (χ0) is 22.6. The van der Waals surface area contributed by atoms with Crippen LogP contribution in [0, 0.1) is 17.8 Å². The minimum absolute atomic E-state index is 0.0212. The van der Waals surface area contributed by atoms with Crippen molar-refractivity contribution in [3.05, 3.63) is 40.3 Å². The van der Waals surface area contributed by atoms with Gasteiger partial charge < -0.3 is 14.8 Å². The summed E-state index contributed by atoms with van der Waals surface area (Å²) in [7, 11) is 0. The Bertz CT molecular complexity index is 1040. The van der Waals surface area contributed by atoms with Crippen LogP contribution in [0.3, 0.4) is 0 Å². The van der Waals surface area contributed by atoms with E-state index in [0.717, 1.165) is 54.7 Å². The van der Waals surface area contributed by atoms with E-state index in [1.165, 1.54) is 38.5 Å². The number of aryl methyl sites for hydroxylation is 1. The molecule has 4 aliphatic carbocycles. The Morgan fingerprint density at radius 1 is 1.03 bits per heavy atom. The van der Waals surface area contributed by atoms with Crippen molar-refractivity contribution in [3.8, 4) is 0 Å². The molecule has 1 aromatic carbocycles. The molecule has 0 spiro atoms. The van der Waals surface area contributed by atoms with Crippen LogP contribution in [0.25, 0.3) is 11.0 Å². The lowest BCUT2D eigenvalue weighted by Gasteiger charge is -2.61. The van der Waals surface area contributed by atoms with Crippen molar-refractivity contribution in [2.45, 2.75) is 81.9 Å². The Balaban J connectivity index is 1.25. The second-order valence-corrected chi connectivity index (χ2v) is 11.5. The smallest absolute Gasteiger partial charge is 0.272 e. The summed E-state index contributed by atoms with van der Waals surface area (Å²) in [6, 6.07) is 8.13. The number of aliphatic hydroxyl groups excluding tert-OH is 2. The summed E-state index contributed by atoms with van der Waals surface area (Å²) in [5, 5.41) is 19.0. The van der Waals surface area contributed by atoms with Crippen molar-refractivity contribution in [1.82, 2.24) is 14.5 Å². The summed E-state index contributed by atoms with van der Waals surface area (Å²) in [5.41, 5.74) is 2.68. The molecule has 4 saturated carbocycles. The van der Waals surface area contributed by atoms with E-state index in [-0.39, 0.29) is 18.2 Å². The molecule has 2 heterocycles. The van der Waals surface area contributed by atoms with Gasteiger partial charge in [0.25, 0.3) is 5.56 Å². The molecule has 2 aromatic rings. The lowest BCUT2D eigenvalue weighted by molar-refractivity contribution is -0.0974. The maximum Gasteiger partial charge on any atom is 0.272 e. The molecule has 1 saturated heterocycles. The number of nitrogens with zero attached hydrogens (tertiary/aromatic N) is 3. The molecule has 2 N–H and O–H groups in total. The first-order chi connectivity index (χ1) is 16.0. The van der Waals surface area contributed by atoms with E-state index < -0.39 is 6.10 Å². The highest BCUT2D eigenvalue weighted by molar-refractivity contribution is 5.74. The zero-order valence-corrected chi connectivity index (χ0v) is 19.5. The zero-order valence-electron chi connectivity index (χ0n) is 19.5. The number of benzene rings is 1. The molecule has 1 aromatic heterocycles. The van der Waals surface area contributed by atoms with Crippen LogP contribution >= 0.6 is 0 Å². The van der Waals surface area contributed by atoms with Crippen LogP contribution in [0.5, 0.6) is 0 Å². The van der Waals surface area contributed by atoms with Crippen molar-refractivity contribution in [2.24, 2.45) is 17.8 Å². The van der Waals surface area contributed by atoms with Gasteiger partial charge in [-0.25, -0.2) is 4.98 Å². The highest BCUT2D eigenvalue weighted by Gasteiger charge is 2.53. The summed E-state index contributed by atoms with van der Waals surface area (Å²) in [6.07, 6.45) is 10.6. The van der Waals surface area contributed by atoms with Crippen molar-refractivity contribution < 1.29 is 10.2 Å². The minimum Gasteiger partial charge on any atom is -0.394 e. The molecule has 7 rings (SSSR count). The molecule has 6 nitrogen and oxygen atoms in total. The van der Waals surface area contributed by atoms with Crippen molar-refractivity contribution >= 4 is 11.0 Å². The average molecular weight is 452 g/mol. The van der Waals surface area contributed by atoms with Crippen LogP contribution < -0.4 is 5.56 Å². The number of rotatable bonds is 6. The van der Waals surface area contributed by atoms with Gasteiger partial charge in [0, 0.05) is 24.7 Å². The fraction of sp³-hybridized carbons (Fsp3) is 0.704. The van der Waals surface area contributed by atoms with Crippen LogP contribution in [-0.2, 0) is 6.42 Å². The van der Waals surface area contributed by atoms with Gasteiger partial charge in [0.05, 0.1) is 23.7 Å². The van der Waals surface area contributed by atoms with E-state index in [4.69, 9.17) is 5.11 Å². The Kier molecular flexibility index (Phi) is 5.58. The van der Waals surface area contributed by atoms with E-state index in [1.807, 2.05) is 28.8 Å². The van der Waals surface area contributed by atoms with Gasteiger partial charge in [0.1, 0.15) is 5.69 Å². The van der Waals surface area contributed by atoms with Crippen LogP contribution in [0.4, 0.5) is 0 Å². The maximum atomic E-state index is 13.5. The predicted molar refractivity (Wildman–Crippen MR) is 128 cm³/mol. The normalized spacial score (nSPS) is 33.1. The number of aliphatic hydroxyl groups is 2. The second-order valence-electron chi connectivity index (χ2n) is 11.5. The van der Waals surface area contributed by atoms with Gasteiger partial charge in [-0.3, -0.25) is 9.69 Å². The highest BCUT2D eigenvalue weighted by Crippen LogP contribution is 2.58. The van der Waals surface area contributed by atoms with Crippen LogP contribution in [0.1, 0.15) is 69.5 Å². The van der Waals surface area contributed by atoms with Gasteiger partial charge in [0.2, 0.25) is 0 Å². The molecule has 5 aliphatic rings. The molecule has 5 fully saturated rings. The van der Waals surface area contributed by atoms with Gasteiger partial charge in [-0.15, -0.1) is 0 Å². The van der Waals surface area contributed by atoms with Gasteiger partial charge in [0.15, 0.2) is 0 Å². The highest BCUT2D eigenvalue weighted by atomic mass is 16.3. The number of hydrogen-bond acceptors (Lipinski definition) is 5. The first-order valence-electron chi connectivity index (χ1n) is 13.1. The summed E-state index contributed by atoms with van der Waals surface area (Å²) < 4.78 is 2.00. The first-order valence-corrected chi connectivity index (χ1v) is 13.1. The molecule has 33 heavy (non-hydrogen) atoms. The molecule has 4 bridgehead atoms. The third-order valence-electron chi connectivity index (χ3n) is 9.29. The monoisotopic (exact) mass is 451 g/mol. The molecule has 1 aliphatic heterocycles. The molecule has 0 radical (unpaired) electrons. The Labute approximate surface area is 195 Å². The topological polar surface area (TPSA) is 78.6 Å². The third-order valence-corrected chi connectivity index (χ3v) is 9.29. The summed E-state index contributed by atoms with van der Waals surface area (Å²) >= 11 is 0. The minimum atomic E-state index is -0.811. The van der Waals surface area contributed by atoms with E-state index >= 15 is 0 Å². The van der Waals surface area contributed by atoms with E-state index in [9.17, 15) is 9.90 Å². The van der Waals surface area contributed by atoms with E-state index in [0.29, 0.717) is 24.1 Å². The van der Waals surface area contributed by atoms with Gasteiger partial charge in [-0.05, 0) is 94.1 Å². The molecule has 0 amide bonds. The fourth-order valence-corrected chi connectivity index (χ4v) is 8.17. The Hall–Kier alpha value is -1.76. The van der Waals surface area contributed by atoms with Crippen molar-refractivity contribution in [2.75, 3.05) is 19.7 Å². The fourth-order valence-electron chi connectivity index (χ4n) is 8.17. The van der Waals surface area contributed by atoms with Crippen molar-refractivity contribution in [3.63, 3.8) is 0 Å². The summed E-state index contributed by atoms with van der Waals surface area (Å²) in [6.45, 7) is 1.88. The second kappa shape index (κ2) is 8.47. The largest absolute Gasteiger partial charge is 0.394 e. The lowest BCUT2D eigenvalue weighted by atomic mass is 9.52. The number of piperidine rings is 1. The van der Waals surface area contributed by atoms with Gasteiger partial charge in [-0.2, -0.15) is 0 Å². The summed E-state index contributed by atoms with van der Waals surface area (Å²) in [5.74, 6) is 2.87. The van der Waals surface area contributed by atoms with Gasteiger partial charge in [-0.1, -0.05) is 12.1 Å². The van der Waals surface area contributed by atoms with Crippen LogP contribution in [0.2, 0.25) is 0 Å². The molecule has 1 atom stereocenters. The number of para-hydroxylation sites is 2. The van der Waals surface area contributed by atoms with E-state index in [2.05, 4.69) is 9.88 Å². The van der Waals surface area contributed by atoms with Crippen LogP contribution in [-0.4, -0.2) is 56.0 Å². The Morgan fingerprint density at radius 2 is 1.67 bits per heavy atom. The third kappa shape index (κ3) is 3.84. The predicted octanol–water partition coefficient (Wildman–Crippen LogP) is 3.29. The SMILES string of the molecule is O=c1c(CC[C@@H](O)CO)nc2ccccc2n1C1CCN(C23CC4CC(CC(C4)C2)C3)CC1. The average Bonchev–Trinajstić information content (AvgIpc) is 2.82.